The zero-order valence-electron chi connectivity index (χ0n) is 10.9. The summed E-state index contributed by atoms with van der Waals surface area (Å²) in [5, 5.41) is 20.5. The van der Waals surface area contributed by atoms with Gasteiger partial charge in [-0.1, -0.05) is 31.2 Å². The smallest absolute Gasteiger partial charge is 0.308 e. The van der Waals surface area contributed by atoms with Gasteiger partial charge in [0, 0.05) is 13.1 Å². The topological polar surface area (TPSA) is 86.6 Å². The van der Waals surface area contributed by atoms with Crippen molar-refractivity contribution in [1.29, 1.82) is 0 Å². The molecule has 0 aliphatic carbocycles. The van der Waals surface area contributed by atoms with Crippen LogP contribution < -0.4 is 5.32 Å². The highest BCUT2D eigenvalue weighted by Crippen LogP contribution is 2.06. The Hall–Kier alpha value is -1.88. The van der Waals surface area contributed by atoms with Gasteiger partial charge >= 0.3 is 11.9 Å². The van der Waals surface area contributed by atoms with Gasteiger partial charge in [0.05, 0.1) is 12.3 Å². The summed E-state index contributed by atoms with van der Waals surface area (Å²) in [4.78, 5) is 21.4. The molecule has 5 heteroatoms. The van der Waals surface area contributed by atoms with Crippen LogP contribution in [-0.2, 0) is 22.6 Å². The molecule has 0 saturated heterocycles. The second-order valence-corrected chi connectivity index (χ2v) is 4.43. The van der Waals surface area contributed by atoms with Crippen molar-refractivity contribution in [3.63, 3.8) is 0 Å². The first-order valence-corrected chi connectivity index (χ1v) is 6.26. The van der Waals surface area contributed by atoms with Gasteiger partial charge in [0.25, 0.3) is 0 Å². The first-order chi connectivity index (χ1) is 9.02. The maximum atomic E-state index is 10.9. The fraction of sp³-hybridized carbons (Fsp3) is 0.429. The van der Waals surface area contributed by atoms with Gasteiger partial charge in [0.1, 0.15) is 0 Å². The van der Waals surface area contributed by atoms with Crippen LogP contribution in [0.5, 0.6) is 0 Å². The zero-order valence-corrected chi connectivity index (χ0v) is 10.9. The third kappa shape index (κ3) is 5.52. The molecule has 3 N–H and O–H groups in total. The molecule has 0 spiro atoms. The molecule has 1 unspecified atom stereocenters. The minimum Gasteiger partial charge on any atom is -0.481 e. The van der Waals surface area contributed by atoms with E-state index in [4.69, 9.17) is 10.2 Å². The van der Waals surface area contributed by atoms with Crippen LogP contribution in [0.2, 0.25) is 0 Å². The lowest BCUT2D eigenvalue weighted by Crippen LogP contribution is -2.30. The Balaban J connectivity index is 2.42. The van der Waals surface area contributed by atoms with E-state index >= 15 is 0 Å². The second-order valence-electron chi connectivity index (χ2n) is 4.43. The first-order valence-electron chi connectivity index (χ1n) is 6.26. The molecule has 1 aromatic rings. The fourth-order valence-electron chi connectivity index (χ4n) is 1.74. The number of carbonyl (C=O) groups is 2. The van der Waals surface area contributed by atoms with Crippen molar-refractivity contribution in [2.24, 2.45) is 5.92 Å². The number of aryl methyl sites for hydroxylation is 1. The fourth-order valence-corrected chi connectivity index (χ4v) is 1.74. The van der Waals surface area contributed by atoms with Gasteiger partial charge in [-0.15, -0.1) is 0 Å². The van der Waals surface area contributed by atoms with E-state index in [1.807, 2.05) is 24.3 Å². The third-order valence-corrected chi connectivity index (χ3v) is 2.92. The monoisotopic (exact) mass is 265 g/mol. The molecule has 0 fully saturated rings. The van der Waals surface area contributed by atoms with E-state index in [0.717, 1.165) is 12.0 Å². The van der Waals surface area contributed by atoms with Gasteiger partial charge < -0.3 is 15.5 Å². The largest absolute Gasteiger partial charge is 0.481 e. The van der Waals surface area contributed by atoms with Gasteiger partial charge in [-0.05, 0) is 17.5 Å². The van der Waals surface area contributed by atoms with Crippen molar-refractivity contribution >= 4 is 11.9 Å². The van der Waals surface area contributed by atoms with Crippen molar-refractivity contribution in [3.05, 3.63) is 35.4 Å². The van der Waals surface area contributed by atoms with Crippen LogP contribution in [0, 0.1) is 5.92 Å². The van der Waals surface area contributed by atoms with Crippen molar-refractivity contribution in [2.45, 2.75) is 26.3 Å². The van der Waals surface area contributed by atoms with Crippen LogP contribution in [0.4, 0.5) is 0 Å². The highest BCUT2D eigenvalue weighted by molar-refractivity contribution is 5.77. The number of nitrogens with one attached hydrogen (secondary N) is 1. The molecule has 1 atom stereocenters. The van der Waals surface area contributed by atoms with Crippen LogP contribution in [-0.4, -0.2) is 28.7 Å². The molecule has 5 nitrogen and oxygen atoms in total. The average molecular weight is 265 g/mol. The van der Waals surface area contributed by atoms with Crippen LogP contribution in [0.25, 0.3) is 0 Å². The van der Waals surface area contributed by atoms with Crippen LogP contribution in [0.3, 0.4) is 0 Å². The molecular formula is C14H19NO4. The Bertz CT molecular complexity index is 428. The first kappa shape index (κ1) is 15.2. The lowest BCUT2D eigenvalue weighted by molar-refractivity contribution is -0.148. The standard InChI is InChI=1S/C14H19NO4/c1-2-10-3-5-11(6-4-10)8-15-9-12(14(18)19)7-13(16)17/h3-6,12,15H,2,7-9H2,1H3,(H,16,17)(H,18,19). The Labute approximate surface area is 112 Å². The lowest BCUT2D eigenvalue weighted by Gasteiger charge is -2.11. The van der Waals surface area contributed by atoms with Gasteiger partial charge in [-0.3, -0.25) is 9.59 Å². The molecule has 0 amide bonds. The Morgan fingerprint density at radius 2 is 1.74 bits per heavy atom. The van der Waals surface area contributed by atoms with Crippen LogP contribution in [0.15, 0.2) is 24.3 Å². The Kier molecular flexibility index (Phi) is 6.02. The number of benzene rings is 1. The summed E-state index contributed by atoms with van der Waals surface area (Å²) in [6.45, 7) is 2.77. The summed E-state index contributed by atoms with van der Waals surface area (Å²) >= 11 is 0. The summed E-state index contributed by atoms with van der Waals surface area (Å²) in [5.74, 6) is -3.08. The van der Waals surface area contributed by atoms with Gasteiger partial charge in [-0.2, -0.15) is 0 Å². The predicted molar refractivity (Wildman–Crippen MR) is 70.9 cm³/mol. The van der Waals surface area contributed by atoms with E-state index in [1.165, 1.54) is 5.56 Å². The van der Waals surface area contributed by atoms with E-state index in [-0.39, 0.29) is 13.0 Å². The molecule has 19 heavy (non-hydrogen) atoms. The highest BCUT2D eigenvalue weighted by Gasteiger charge is 2.20. The van der Waals surface area contributed by atoms with Gasteiger partial charge in [0.2, 0.25) is 0 Å². The minimum atomic E-state index is -1.10. The van der Waals surface area contributed by atoms with E-state index in [0.29, 0.717) is 6.54 Å². The molecule has 0 heterocycles. The summed E-state index contributed by atoms with van der Waals surface area (Å²) in [6, 6.07) is 8.03. The molecule has 0 aliphatic rings. The summed E-state index contributed by atoms with van der Waals surface area (Å²) in [6.07, 6.45) is 0.616. The summed E-state index contributed by atoms with van der Waals surface area (Å²) in [7, 11) is 0. The van der Waals surface area contributed by atoms with E-state index in [9.17, 15) is 9.59 Å². The van der Waals surface area contributed by atoms with E-state index in [1.54, 1.807) is 0 Å². The normalized spacial score (nSPS) is 12.1. The minimum absolute atomic E-state index is 0.150. The number of carboxylic acids is 2. The molecule has 104 valence electrons. The maximum absolute atomic E-state index is 10.9. The van der Waals surface area contributed by atoms with Gasteiger partial charge in [0.15, 0.2) is 0 Å². The maximum Gasteiger partial charge on any atom is 0.308 e. The van der Waals surface area contributed by atoms with Crippen molar-refractivity contribution < 1.29 is 19.8 Å². The zero-order chi connectivity index (χ0) is 14.3. The van der Waals surface area contributed by atoms with Crippen LogP contribution >= 0.6 is 0 Å². The molecule has 0 aliphatic heterocycles. The van der Waals surface area contributed by atoms with Crippen molar-refractivity contribution in [3.8, 4) is 0 Å². The summed E-state index contributed by atoms with van der Waals surface area (Å²) in [5.41, 5.74) is 2.30. The molecular weight excluding hydrogens is 246 g/mol. The number of rotatable bonds is 8. The van der Waals surface area contributed by atoms with Crippen LogP contribution in [0.1, 0.15) is 24.5 Å². The van der Waals surface area contributed by atoms with Gasteiger partial charge in [-0.25, -0.2) is 0 Å². The second kappa shape index (κ2) is 7.53. The number of aliphatic carboxylic acids is 2. The number of hydrogen-bond donors (Lipinski definition) is 3. The van der Waals surface area contributed by atoms with Crippen molar-refractivity contribution in [1.82, 2.24) is 5.32 Å². The van der Waals surface area contributed by atoms with E-state index < -0.39 is 17.9 Å². The number of hydrogen-bond acceptors (Lipinski definition) is 3. The molecule has 0 radical (unpaired) electrons. The summed E-state index contributed by atoms with van der Waals surface area (Å²) < 4.78 is 0. The molecule has 0 aromatic heterocycles. The Morgan fingerprint density at radius 3 is 2.21 bits per heavy atom. The number of carboxylic acid groups (broad SMARTS) is 2. The highest BCUT2D eigenvalue weighted by atomic mass is 16.4. The SMILES string of the molecule is CCc1ccc(CNCC(CC(=O)O)C(=O)O)cc1. The molecule has 0 saturated carbocycles. The van der Waals surface area contributed by atoms with Crippen molar-refractivity contribution in [2.75, 3.05) is 6.54 Å². The predicted octanol–water partition coefficient (Wildman–Crippen LogP) is 1.51. The van der Waals surface area contributed by atoms with E-state index in [2.05, 4.69) is 12.2 Å². The third-order valence-electron chi connectivity index (χ3n) is 2.92. The molecule has 1 aromatic carbocycles. The quantitative estimate of drug-likeness (QED) is 0.663. The average Bonchev–Trinajstić information content (AvgIpc) is 2.37. The molecule has 0 bridgehead atoms. The molecule has 1 rings (SSSR count). The Morgan fingerprint density at radius 1 is 1.16 bits per heavy atom. The lowest BCUT2D eigenvalue weighted by atomic mass is 10.1.